The lowest BCUT2D eigenvalue weighted by Gasteiger charge is -2.56. The van der Waals surface area contributed by atoms with Gasteiger partial charge < -0.3 is 10.1 Å². The van der Waals surface area contributed by atoms with Gasteiger partial charge in [-0.2, -0.15) is 0 Å². The summed E-state index contributed by atoms with van der Waals surface area (Å²) in [5.74, 6) is 3.08. The molecule has 0 aromatic rings. The molecule has 0 aromatic carbocycles. The first kappa shape index (κ1) is 14.4. The Kier molecular flexibility index (Phi) is 4.65. The number of carbonyl (C=O) groups is 1. The van der Waals surface area contributed by atoms with E-state index >= 15 is 0 Å². The molecule has 0 spiro atoms. The van der Waals surface area contributed by atoms with E-state index in [-0.39, 0.29) is 0 Å². The summed E-state index contributed by atoms with van der Waals surface area (Å²) in [7, 11) is 0. The van der Waals surface area contributed by atoms with E-state index in [2.05, 4.69) is 5.32 Å². The van der Waals surface area contributed by atoms with Crippen molar-refractivity contribution in [3.8, 4) is 0 Å². The molecule has 0 saturated heterocycles. The first-order valence-electron chi connectivity index (χ1n) is 8.54. The Balaban J connectivity index is 1.32. The zero-order valence-electron chi connectivity index (χ0n) is 12.6. The highest BCUT2D eigenvalue weighted by molar-refractivity contribution is 5.45. The number of carbonyl (C=O) groups excluding carboxylic acids is 1. The molecule has 0 heterocycles. The van der Waals surface area contributed by atoms with E-state index in [0.29, 0.717) is 5.41 Å². The fourth-order valence-electron chi connectivity index (χ4n) is 5.42. The highest BCUT2D eigenvalue weighted by atomic mass is 16.5. The Bertz CT molecular complexity index is 294. The van der Waals surface area contributed by atoms with Crippen LogP contribution in [0.4, 0.5) is 0 Å². The van der Waals surface area contributed by atoms with Crippen LogP contribution in [0, 0.1) is 23.2 Å². The van der Waals surface area contributed by atoms with Gasteiger partial charge >= 0.3 is 0 Å². The van der Waals surface area contributed by atoms with Gasteiger partial charge in [0.25, 0.3) is 0 Å². The molecule has 4 aliphatic rings. The van der Waals surface area contributed by atoms with Crippen LogP contribution in [0.5, 0.6) is 0 Å². The van der Waals surface area contributed by atoms with Crippen molar-refractivity contribution in [1.82, 2.24) is 5.32 Å². The predicted octanol–water partition coefficient (Wildman–Crippen LogP) is 3.14. The highest BCUT2D eigenvalue weighted by Crippen LogP contribution is 2.59. The van der Waals surface area contributed by atoms with Gasteiger partial charge in [-0.25, -0.2) is 0 Å². The molecule has 4 aliphatic carbocycles. The van der Waals surface area contributed by atoms with Crippen LogP contribution in [-0.2, 0) is 9.53 Å². The first-order valence-corrected chi connectivity index (χ1v) is 8.54. The van der Waals surface area contributed by atoms with Crippen molar-refractivity contribution in [2.45, 2.75) is 57.8 Å². The number of hydrogen-bond donors (Lipinski definition) is 1. The standard InChI is InChI=1S/C17H29NO2/c19-13-18-4-2-1-3-5-20-12-17-9-14-6-15(10-17)8-16(7-14)11-17/h13-16H,1-12H2,(H,18,19). The summed E-state index contributed by atoms with van der Waals surface area (Å²) < 4.78 is 6.04. The second kappa shape index (κ2) is 6.46. The first-order chi connectivity index (χ1) is 9.80. The third-order valence-corrected chi connectivity index (χ3v) is 5.77. The third-order valence-electron chi connectivity index (χ3n) is 5.77. The SMILES string of the molecule is O=CNCCCCCOCC12CC3CC(CC(C3)C1)C2. The van der Waals surface area contributed by atoms with Crippen molar-refractivity contribution in [2.75, 3.05) is 19.8 Å². The summed E-state index contributed by atoms with van der Waals surface area (Å²) in [5.41, 5.74) is 0.563. The van der Waals surface area contributed by atoms with Crippen LogP contribution in [0.3, 0.4) is 0 Å². The number of unbranched alkanes of at least 4 members (excludes halogenated alkanes) is 2. The van der Waals surface area contributed by atoms with Gasteiger partial charge in [0.05, 0.1) is 6.61 Å². The van der Waals surface area contributed by atoms with E-state index in [1.54, 1.807) is 0 Å². The average Bonchev–Trinajstić information content (AvgIpc) is 2.40. The van der Waals surface area contributed by atoms with Gasteiger partial charge in [-0.05, 0) is 81.0 Å². The van der Waals surface area contributed by atoms with E-state index < -0.39 is 0 Å². The fourth-order valence-corrected chi connectivity index (χ4v) is 5.42. The van der Waals surface area contributed by atoms with E-state index in [0.717, 1.165) is 63.2 Å². The summed E-state index contributed by atoms with van der Waals surface area (Å²) in [6.07, 6.45) is 13.0. The van der Waals surface area contributed by atoms with Gasteiger partial charge in [0, 0.05) is 13.2 Å². The Hall–Kier alpha value is -0.570. The molecular formula is C17H29NO2. The van der Waals surface area contributed by atoms with E-state index in [9.17, 15) is 4.79 Å². The van der Waals surface area contributed by atoms with Crippen LogP contribution < -0.4 is 5.32 Å². The van der Waals surface area contributed by atoms with E-state index in [1.807, 2.05) is 0 Å². The number of nitrogens with one attached hydrogen (secondary N) is 1. The highest BCUT2D eigenvalue weighted by Gasteiger charge is 2.50. The maximum atomic E-state index is 10.1. The molecule has 0 atom stereocenters. The maximum absolute atomic E-state index is 10.1. The molecule has 4 bridgehead atoms. The molecule has 0 radical (unpaired) electrons. The predicted molar refractivity (Wildman–Crippen MR) is 79.3 cm³/mol. The zero-order chi connectivity index (χ0) is 13.8. The van der Waals surface area contributed by atoms with Gasteiger partial charge in [0.1, 0.15) is 0 Å². The lowest BCUT2D eigenvalue weighted by atomic mass is 9.50. The summed E-state index contributed by atoms with van der Waals surface area (Å²) in [4.78, 5) is 10.1. The van der Waals surface area contributed by atoms with Crippen LogP contribution in [0.2, 0.25) is 0 Å². The van der Waals surface area contributed by atoms with Gasteiger partial charge in [0.15, 0.2) is 0 Å². The largest absolute Gasteiger partial charge is 0.381 e. The minimum Gasteiger partial charge on any atom is -0.381 e. The minimum absolute atomic E-state index is 0.563. The molecule has 4 fully saturated rings. The van der Waals surface area contributed by atoms with Gasteiger partial charge in [0.2, 0.25) is 6.41 Å². The topological polar surface area (TPSA) is 38.3 Å². The molecule has 3 heteroatoms. The molecule has 4 saturated carbocycles. The lowest BCUT2D eigenvalue weighted by molar-refractivity contribution is -0.109. The smallest absolute Gasteiger partial charge is 0.207 e. The molecule has 0 aliphatic heterocycles. The second-order valence-corrected chi connectivity index (χ2v) is 7.60. The molecule has 1 amide bonds. The molecule has 4 rings (SSSR count). The van der Waals surface area contributed by atoms with E-state index in [4.69, 9.17) is 4.74 Å². The number of rotatable bonds is 9. The Morgan fingerprint density at radius 3 is 2.25 bits per heavy atom. The van der Waals surface area contributed by atoms with Crippen LogP contribution >= 0.6 is 0 Å². The third kappa shape index (κ3) is 3.36. The molecule has 114 valence electrons. The van der Waals surface area contributed by atoms with Crippen molar-refractivity contribution in [3.63, 3.8) is 0 Å². The number of hydrogen-bond acceptors (Lipinski definition) is 2. The van der Waals surface area contributed by atoms with Crippen LogP contribution in [0.15, 0.2) is 0 Å². The Morgan fingerprint density at radius 2 is 1.65 bits per heavy atom. The van der Waals surface area contributed by atoms with Gasteiger partial charge in [-0.1, -0.05) is 0 Å². The van der Waals surface area contributed by atoms with E-state index in [1.165, 1.54) is 38.5 Å². The molecule has 20 heavy (non-hydrogen) atoms. The zero-order valence-corrected chi connectivity index (χ0v) is 12.6. The van der Waals surface area contributed by atoms with Crippen molar-refractivity contribution in [3.05, 3.63) is 0 Å². The Labute approximate surface area is 122 Å². The maximum Gasteiger partial charge on any atom is 0.207 e. The monoisotopic (exact) mass is 279 g/mol. The number of amides is 1. The van der Waals surface area contributed by atoms with Crippen LogP contribution in [-0.4, -0.2) is 26.2 Å². The normalized spacial score (nSPS) is 38.1. The molecular weight excluding hydrogens is 250 g/mol. The number of ether oxygens (including phenoxy) is 1. The summed E-state index contributed by atoms with van der Waals surface area (Å²) in [6.45, 7) is 2.73. The summed E-state index contributed by atoms with van der Waals surface area (Å²) in [5, 5.41) is 2.71. The van der Waals surface area contributed by atoms with Crippen molar-refractivity contribution in [2.24, 2.45) is 23.2 Å². The molecule has 0 unspecified atom stereocenters. The van der Waals surface area contributed by atoms with Crippen molar-refractivity contribution < 1.29 is 9.53 Å². The van der Waals surface area contributed by atoms with Crippen LogP contribution in [0.1, 0.15) is 57.8 Å². The second-order valence-electron chi connectivity index (χ2n) is 7.60. The fraction of sp³-hybridized carbons (Fsp3) is 0.941. The quantitative estimate of drug-likeness (QED) is 0.520. The molecule has 3 nitrogen and oxygen atoms in total. The molecule has 0 aromatic heterocycles. The minimum atomic E-state index is 0.563. The molecule has 1 N–H and O–H groups in total. The average molecular weight is 279 g/mol. The van der Waals surface area contributed by atoms with Crippen molar-refractivity contribution >= 4 is 6.41 Å². The lowest BCUT2D eigenvalue weighted by Crippen LogP contribution is -2.48. The summed E-state index contributed by atoms with van der Waals surface area (Å²) in [6, 6.07) is 0. The Morgan fingerprint density at radius 1 is 1.00 bits per heavy atom. The van der Waals surface area contributed by atoms with Crippen LogP contribution in [0.25, 0.3) is 0 Å². The van der Waals surface area contributed by atoms with Gasteiger partial charge in [-0.3, -0.25) is 4.79 Å². The van der Waals surface area contributed by atoms with Gasteiger partial charge in [-0.15, -0.1) is 0 Å². The summed E-state index contributed by atoms with van der Waals surface area (Å²) >= 11 is 0. The van der Waals surface area contributed by atoms with Crippen molar-refractivity contribution in [1.29, 1.82) is 0 Å².